The summed E-state index contributed by atoms with van der Waals surface area (Å²) in [4.78, 5) is 27.1. The van der Waals surface area contributed by atoms with Gasteiger partial charge in [0, 0.05) is 24.7 Å². The lowest BCUT2D eigenvalue weighted by molar-refractivity contribution is -0.136. The summed E-state index contributed by atoms with van der Waals surface area (Å²) in [5.74, 6) is -0.888. The lowest BCUT2D eigenvalue weighted by Crippen LogP contribution is -2.39. The van der Waals surface area contributed by atoms with E-state index in [4.69, 9.17) is 0 Å². The van der Waals surface area contributed by atoms with E-state index in [1.165, 1.54) is 12.1 Å². The SMILES string of the molecule is O=C1CC(C(=O)N(Cc2ccc(F)cc2)C2CC2)c2ccccc2N1. The van der Waals surface area contributed by atoms with Crippen molar-refractivity contribution in [3.63, 3.8) is 0 Å². The number of halogens is 1. The first-order valence-corrected chi connectivity index (χ1v) is 8.55. The van der Waals surface area contributed by atoms with Gasteiger partial charge in [0.15, 0.2) is 0 Å². The van der Waals surface area contributed by atoms with E-state index < -0.39 is 5.92 Å². The molecule has 4 nitrogen and oxygen atoms in total. The molecular formula is C20H19FN2O2. The molecule has 0 radical (unpaired) electrons. The average molecular weight is 338 g/mol. The van der Waals surface area contributed by atoms with Gasteiger partial charge in [-0.1, -0.05) is 30.3 Å². The molecule has 0 bridgehead atoms. The minimum Gasteiger partial charge on any atom is -0.335 e. The van der Waals surface area contributed by atoms with Gasteiger partial charge in [0.2, 0.25) is 11.8 Å². The van der Waals surface area contributed by atoms with Crippen LogP contribution in [0.1, 0.15) is 36.3 Å². The topological polar surface area (TPSA) is 49.4 Å². The van der Waals surface area contributed by atoms with Crippen LogP contribution in [0, 0.1) is 5.82 Å². The molecule has 1 aliphatic heterocycles. The Morgan fingerprint density at radius 2 is 1.84 bits per heavy atom. The van der Waals surface area contributed by atoms with E-state index in [2.05, 4.69) is 5.32 Å². The summed E-state index contributed by atoms with van der Waals surface area (Å²) in [7, 11) is 0. The normalized spacial score (nSPS) is 19.1. The average Bonchev–Trinajstić information content (AvgIpc) is 3.45. The number of nitrogens with one attached hydrogen (secondary N) is 1. The van der Waals surface area contributed by atoms with E-state index in [1.54, 1.807) is 12.1 Å². The molecule has 2 aliphatic rings. The molecule has 25 heavy (non-hydrogen) atoms. The van der Waals surface area contributed by atoms with Crippen LogP contribution < -0.4 is 5.32 Å². The number of fused-ring (bicyclic) bond motifs is 1. The Morgan fingerprint density at radius 1 is 1.12 bits per heavy atom. The summed E-state index contributed by atoms with van der Waals surface area (Å²) in [5, 5.41) is 2.83. The second-order valence-electron chi connectivity index (χ2n) is 6.72. The maximum atomic E-state index is 13.2. The summed E-state index contributed by atoms with van der Waals surface area (Å²) in [6.45, 7) is 0.448. The predicted molar refractivity (Wildman–Crippen MR) is 92.4 cm³/mol. The third kappa shape index (κ3) is 3.27. The van der Waals surface area contributed by atoms with Crippen LogP contribution in [-0.4, -0.2) is 22.8 Å². The summed E-state index contributed by atoms with van der Waals surface area (Å²) >= 11 is 0. The fourth-order valence-electron chi connectivity index (χ4n) is 3.39. The molecule has 0 spiro atoms. The number of rotatable bonds is 4. The number of benzene rings is 2. The van der Waals surface area contributed by atoms with Crippen molar-refractivity contribution in [3.8, 4) is 0 Å². The molecule has 2 aromatic carbocycles. The summed E-state index contributed by atoms with van der Waals surface area (Å²) in [6.07, 6.45) is 2.13. The lowest BCUT2D eigenvalue weighted by atomic mass is 9.89. The van der Waals surface area contributed by atoms with Crippen LogP contribution in [0.15, 0.2) is 48.5 Å². The van der Waals surface area contributed by atoms with Crippen molar-refractivity contribution in [3.05, 3.63) is 65.5 Å². The number of anilines is 1. The largest absolute Gasteiger partial charge is 0.335 e. The third-order valence-electron chi connectivity index (χ3n) is 4.83. The van der Waals surface area contributed by atoms with Gasteiger partial charge >= 0.3 is 0 Å². The number of nitrogens with zero attached hydrogens (tertiary/aromatic N) is 1. The van der Waals surface area contributed by atoms with Gasteiger partial charge in [-0.15, -0.1) is 0 Å². The van der Waals surface area contributed by atoms with Crippen LogP contribution in [0.2, 0.25) is 0 Å². The van der Waals surface area contributed by atoms with Gasteiger partial charge in [0.1, 0.15) is 5.82 Å². The van der Waals surface area contributed by atoms with E-state index in [-0.39, 0.29) is 30.1 Å². The van der Waals surface area contributed by atoms with Crippen molar-refractivity contribution in [1.82, 2.24) is 4.90 Å². The summed E-state index contributed by atoms with van der Waals surface area (Å²) in [6, 6.07) is 13.9. The summed E-state index contributed by atoms with van der Waals surface area (Å²) in [5.41, 5.74) is 2.49. The molecule has 0 aromatic heterocycles. The zero-order chi connectivity index (χ0) is 17.4. The molecule has 5 heteroatoms. The van der Waals surface area contributed by atoms with Crippen LogP contribution in [0.5, 0.6) is 0 Å². The maximum absolute atomic E-state index is 13.2. The lowest BCUT2D eigenvalue weighted by Gasteiger charge is -2.31. The number of hydrogen-bond donors (Lipinski definition) is 1. The second-order valence-corrected chi connectivity index (χ2v) is 6.72. The first kappa shape index (κ1) is 15.8. The van der Waals surface area contributed by atoms with Crippen molar-refractivity contribution in [1.29, 1.82) is 0 Å². The van der Waals surface area contributed by atoms with Gasteiger partial charge in [-0.3, -0.25) is 9.59 Å². The fraction of sp³-hybridized carbons (Fsp3) is 0.300. The highest BCUT2D eigenvalue weighted by Gasteiger charge is 2.39. The minimum atomic E-state index is -0.453. The highest BCUT2D eigenvalue weighted by atomic mass is 19.1. The van der Waals surface area contributed by atoms with E-state index in [0.29, 0.717) is 6.54 Å². The van der Waals surface area contributed by atoms with Gasteiger partial charge in [-0.2, -0.15) is 0 Å². The number of amides is 2. The number of carbonyl (C=O) groups excluding carboxylic acids is 2. The van der Waals surface area contributed by atoms with Crippen molar-refractivity contribution >= 4 is 17.5 Å². The molecule has 4 rings (SSSR count). The predicted octanol–water partition coefficient (Wildman–Crippen LogP) is 3.44. The molecule has 1 saturated carbocycles. The van der Waals surface area contributed by atoms with Crippen molar-refractivity contribution in [2.45, 2.75) is 37.8 Å². The zero-order valence-corrected chi connectivity index (χ0v) is 13.7. The Hall–Kier alpha value is -2.69. The van der Waals surface area contributed by atoms with Crippen LogP contribution in [0.4, 0.5) is 10.1 Å². The van der Waals surface area contributed by atoms with Gasteiger partial charge < -0.3 is 10.2 Å². The molecule has 2 aromatic rings. The molecule has 128 valence electrons. The second kappa shape index (κ2) is 6.31. The molecule has 1 heterocycles. The van der Waals surface area contributed by atoms with Crippen LogP contribution in [0.3, 0.4) is 0 Å². The van der Waals surface area contributed by atoms with Gasteiger partial charge in [0.05, 0.1) is 5.92 Å². The first-order valence-electron chi connectivity index (χ1n) is 8.55. The van der Waals surface area contributed by atoms with Gasteiger partial charge in [0.25, 0.3) is 0 Å². The van der Waals surface area contributed by atoms with Gasteiger partial charge in [-0.05, 0) is 42.2 Å². The van der Waals surface area contributed by atoms with Crippen LogP contribution in [-0.2, 0) is 16.1 Å². The maximum Gasteiger partial charge on any atom is 0.231 e. The highest BCUT2D eigenvalue weighted by molar-refractivity contribution is 6.01. The van der Waals surface area contributed by atoms with E-state index in [9.17, 15) is 14.0 Å². The molecule has 0 saturated heterocycles. The van der Waals surface area contributed by atoms with Crippen molar-refractivity contribution < 1.29 is 14.0 Å². The molecule has 1 fully saturated rings. The fourth-order valence-corrected chi connectivity index (χ4v) is 3.39. The van der Waals surface area contributed by atoms with Crippen molar-refractivity contribution in [2.75, 3.05) is 5.32 Å². The molecule has 1 N–H and O–H groups in total. The first-order chi connectivity index (χ1) is 12.1. The standard InChI is InChI=1S/C20H19FN2O2/c21-14-7-5-13(6-8-14)12-23(15-9-10-15)20(25)17-11-19(24)22-18-4-2-1-3-16(17)18/h1-8,15,17H,9-12H2,(H,22,24). The molecule has 1 unspecified atom stereocenters. The quantitative estimate of drug-likeness (QED) is 0.928. The summed E-state index contributed by atoms with van der Waals surface area (Å²) < 4.78 is 13.1. The van der Waals surface area contributed by atoms with Crippen LogP contribution >= 0.6 is 0 Å². The van der Waals surface area contributed by atoms with Crippen molar-refractivity contribution in [2.24, 2.45) is 0 Å². The van der Waals surface area contributed by atoms with E-state index in [1.807, 2.05) is 29.2 Å². The van der Waals surface area contributed by atoms with Gasteiger partial charge in [-0.25, -0.2) is 4.39 Å². The molecule has 2 amide bonds. The third-order valence-corrected chi connectivity index (χ3v) is 4.83. The number of carbonyl (C=O) groups is 2. The minimum absolute atomic E-state index is 0.0193. The Balaban J connectivity index is 1.61. The number of hydrogen-bond acceptors (Lipinski definition) is 2. The Labute approximate surface area is 145 Å². The molecular weight excluding hydrogens is 319 g/mol. The smallest absolute Gasteiger partial charge is 0.231 e. The van der Waals surface area contributed by atoms with Crippen LogP contribution in [0.25, 0.3) is 0 Å². The zero-order valence-electron chi connectivity index (χ0n) is 13.7. The Kier molecular flexibility index (Phi) is 3.99. The monoisotopic (exact) mass is 338 g/mol. The molecule has 1 atom stereocenters. The highest BCUT2D eigenvalue weighted by Crippen LogP contribution is 2.37. The number of para-hydroxylation sites is 1. The molecule has 1 aliphatic carbocycles. The van der Waals surface area contributed by atoms with E-state index >= 15 is 0 Å². The Morgan fingerprint density at radius 3 is 2.56 bits per heavy atom. The Bertz CT molecular complexity index is 815. The van der Waals surface area contributed by atoms with E-state index in [0.717, 1.165) is 29.7 Å².